The number of benzene rings is 1. The second-order valence-electron chi connectivity index (χ2n) is 6.16. The van der Waals surface area contributed by atoms with E-state index < -0.39 is 10.0 Å². The Balaban J connectivity index is 1.57. The molecule has 1 aromatic carbocycles. The van der Waals surface area contributed by atoms with Crippen LogP contribution < -0.4 is 9.62 Å². The molecule has 2 aromatic rings. The van der Waals surface area contributed by atoms with Crippen LogP contribution in [0, 0.1) is 0 Å². The Kier molecular flexibility index (Phi) is 6.48. The molecule has 1 aliphatic rings. The van der Waals surface area contributed by atoms with Crippen LogP contribution in [0.2, 0.25) is 0 Å². The van der Waals surface area contributed by atoms with E-state index in [9.17, 15) is 13.2 Å². The molecule has 7 nitrogen and oxygen atoms in total. The quantitative estimate of drug-likeness (QED) is 0.752. The molecule has 2 heterocycles. The number of hydrogen-bond acceptors (Lipinski definition) is 6. The van der Waals surface area contributed by atoms with Gasteiger partial charge < -0.3 is 10.1 Å². The van der Waals surface area contributed by atoms with Gasteiger partial charge in [0.15, 0.2) is 0 Å². The molecular weight excluding hydrogens is 386 g/mol. The number of anilines is 1. The summed E-state index contributed by atoms with van der Waals surface area (Å²) in [6.07, 6.45) is 0. The molecular formula is C18H23N3O4S2. The van der Waals surface area contributed by atoms with Gasteiger partial charge in [-0.25, -0.2) is 8.42 Å². The summed E-state index contributed by atoms with van der Waals surface area (Å²) in [6.45, 7) is 4.59. The second-order valence-corrected chi connectivity index (χ2v) is 9.31. The van der Waals surface area contributed by atoms with E-state index in [0.29, 0.717) is 17.8 Å². The fourth-order valence-electron chi connectivity index (χ4n) is 2.76. The largest absolute Gasteiger partial charge is 0.379 e. The highest BCUT2D eigenvalue weighted by Crippen LogP contribution is 2.25. The molecule has 1 N–H and O–H groups in total. The van der Waals surface area contributed by atoms with Gasteiger partial charge in [-0.05, 0) is 35.7 Å². The van der Waals surface area contributed by atoms with E-state index in [4.69, 9.17) is 4.74 Å². The van der Waals surface area contributed by atoms with Crippen molar-refractivity contribution in [2.45, 2.75) is 4.21 Å². The fraction of sp³-hybridized carbons (Fsp3) is 0.389. The number of nitrogens with one attached hydrogen (secondary N) is 1. The minimum Gasteiger partial charge on any atom is -0.379 e. The molecule has 146 valence electrons. The Morgan fingerprint density at radius 1 is 1.22 bits per heavy atom. The number of rotatable bonds is 7. The Labute approximate surface area is 163 Å². The van der Waals surface area contributed by atoms with E-state index in [1.165, 1.54) is 22.7 Å². The third kappa shape index (κ3) is 4.86. The Hall–Kier alpha value is -1.94. The summed E-state index contributed by atoms with van der Waals surface area (Å²) in [5.74, 6) is -0.168. The van der Waals surface area contributed by atoms with Crippen LogP contribution in [0.5, 0.6) is 0 Å². The molecule has 0 saturated carbocycles. The summed E-state index contributed by atoms with van der Waals surface area (Å²) >= 11 is 1.18. The summed E-state index contributed by atoms with van der Waals surface area (Å²) in [5.41, 5.74) is 1.01. The number of hydrogen-bond donors (Lipinski definition) is 1. The third-order valence-corrected chi connectivity index (χ3v) is 7.58. The topological polar surface area (TPSA) is 79.0 Å². The van der Waals surface area contributed by atoms with Crippen molar-refractivity contribution in [2.24, 2.45) is 0 Å². The van der Waals surface area contributed by atoms with Crippen LogP contribution in [0.3, 0.4) is 0 Å². The highest BCUT2D eigenvalue weighted by molar-refractivity contribution is 7.94. The Morgan fingerprint density at radius 3 is 2.56 bits per heavy atom. The lowest BCUT2D eigenvalue weighted by Crippen LogP contribution is -2.41. The van der Waals surface area contributed by atoms with Gasteiger partial charge in [0.2, 0.25) is 0 Å². The van der Waals surface area contributed by atoms with Crippen molar-refractivity contribution >= 4 is 33.0 Å². The zero-order valence-corrected chi connectivity index (χ0v) is 16.8. The van der Waals surface area contributed by atoms with Crippen molar-refractivity contribution < 1.29 is 17.9 Å². The molecule has 0 bridgehead atoms. The molecule has 0 spiro atoms. The highest BCUT2D eigenvalue weighted by Gasteiger charge is 2.22. The summed E-state index contributed by atoms with van der Waals surface area (Å²) in [6, 6.07) is 9.84. The summed E-state index contributed by atoms with van der Waals surface area (Å²) in [7, 11) is -2.07. The van der Waals surface area contributed by atoms with E-state index in [1.54, 1.807) is 41.8 Å². The number of thiophene rings is 1. The molecule has 0 radical (unpaired) electrons. The van der Waals surface area contributed by atoms with Gasteiger partial charge in [-0.3, -0.25) is 14.0 Å². The smallest absolute Gasteiger partial charge is 0.273 e. The number of amides is 1. The molecule has 9 heteroatoms. The van der Waals surface area contributed by atoms with Crippen molar-refractivity contribution in [1.82, 2.24) is 10.2 Å². The maximum Gasteiger partial charge on any atom is 0.273 e. The standard InChI is InChI=1S/C18H23N3O4S2/c1-20(27(23,24)17-3-2-14-26-17)16-6-4-15(5-7-16)18(22)19-8-9-21-10-12-25-13-11-21/h2-7,14H,8-13H2,1H3,(H,19,22). The van der Waals surface area contributed by atoms with Crippen LogP contribution in [0.4, 0.5) is 5.69 Å². The van der Waals surface area contributed by atoms with Crippen molar-refractivity contribution in [3.63, 3.8) is 0 Å². The van der Waals surface area contributed by atoms with Gasteiger partial charge in [0, 0.05) is 38.8 Å². The molecule has 1 saturated heterocycles. The van der Waals surface area contributed by atoms with Crippen LogP contribution in [0.15, 0.2) is 46.0 Å². The lowest BCUT2D eigenvalue weighted by molar-refractivity contribution is 0.0383. The normalized spacial score (nSPS) is 15.4. The predicted molar refractivity (Wildman–Crippen MR) is 106 cm³/mol. The summed E-state index contributed by atoms with van der Waals surface area (Å²) in [5, 5.41) is 4.62. The first-order chi connectivity index (χ1) is 13.0. The Bertz CT molecular complexity index is 845. The lowest BCUT2D eigenvalue weighted by Gasteiger charge is -2.26. The van der Waals surface area contributed by atoms with Gasteiger partial charge in [0.25, 0.3) is 15.9 Å². The number of carbonyl (C=O) groups excluding carboxylic acids is 1. The van der Waals surface area contributed by atoms with Crippen LogP contribution in [-0.2, 0) is 14.8 Å². The number of carbonyl (C=O) groups is 1. The third-order valence-electron chi connectivity index (χ3n) is 4.42. The van der Waals surface area contributed by atoms with E-state index in [1.807, 2.05) is 0 Å². The van der Waals surface area contributed by atoms with Crippen LogP contribution in [-0.4, -0.2) is 65.7 Å². The number of ether oxygens (including phenoxy) is 1. The van der Waals surface area contributed by atoms with Crippen LogP contribution in [0.1, 0.15) is 10.4 Å². The van der Waals surface area contributed by atoms with Crippen molar-refractivity contribution in [2.75, 3.05) is 50.7 Å². The fourth-order valence-corrected chi connectivity index (χ4v) is 5.12. The van der Waals surface area contributed by atoms with Gasteiger partial charge >= 0.3 is 0 Å². The zero-order chi connectivity index (χ0) is 19.3. The predicted octanol–water partition coefficient (Wildman–Crippen LogP) is 1.64. The minimum atomic E-state index is -3.57. The average Bonchev–Trinajstić information content (AvgIpc) is 3.24. The number of morpholine rings is 1. The van der Waals surface area contributed by atoms with E-state index in [2.05, 4.69) is 10.2 Å². The number of sulfonamides is 1. The van der Waals surface area contributed by atoms with Crippen molar-refractivity contribution in [1.29, 1.82) is 0 Å². The van der Waals surface area contributed by atoms with E-state index in [-0.39, 0.29) is 10.1 Å². The maximum absolute atomic E-state index is 12.5. The molecule has 3 rings (SSSR count). The first-order valence-corrected chi connectivity index (χ1v) is 11.0. The molecule has 0 aliphatic carbocycles. The van der Waals surface area contributed by atoms with Gasteiger partial charge in [-0.2, -0.15) is 0 Å². The minimum absolute atomic E-state index is 0.168. The SMILES string of the molecule is CN(c1ccc(C(=O)NCCN2CCOCC2)cc1)S(=O)(=O)c1cccs1. The van der Waals surface area contributed by atoms with Gasteiger partial charge in [-0.1, -0.05) is 6.07 Å². The van der Waals surface area contributed by atoms with Gasteiger partial charge in [-0.15, -0.1) is 11.3 Å². The van der Waals surface area contributed by atoms with Crippen molar-refractivity contribution in [3.05, 3.63) is 47.3 Å². The zero-order valence-electron chi connectivity index (χ0n) is 15.1. The molecule has 0 unspecified atom stereocenters. The van der Waals surface area contributed by atoms with Gasteiger partial charge in [0.05, 0.1) is 18.9 Å². The first kappa shape index (κ1) is 19.8. The molecule has 0 atom stereocenters. The van der Waals surface area contributed by atoms with Crippen molar-refractivity contribution in [3.8, 4) is 0 Å². The van der Waals surface area contributed by atoms with E-state index >= 15 is 0 Å². The molecule has 1 amide bonds. The number of nitrogens with zero attached hydrogens (tertiary/aromatic N) is 2. The lowest BCUT2D eigenvalue weighted by atomic mass is 10.2. The summed E-state index contributed by atoms with van der Waals surface area (Å²) in [4.78, 5) is 14.5. The summed E-state index contributed by atoms with van der Waals surface area (Å²) < 4.78 is 31.9. The van der Waals surface area contributed by atoms with Crippen LogP contribution >= 0.6 is 11.3 Å². The Morgan fingerprint density at radius 2 is 1.93 bits per heavy atom. The van der Waals surface area contributed by atoms with Gasteiger partial charge in [0.1, 0.15) is 4.21 Å². The molecule has 27 heavy (non-hydrogen) atoms. The molecule has 1 fully saturated rings. The highest BCUT2D eigenvalue weighted by atomic mass is 32.2. The second kappa shape index (κ2) is 8.83. The monoisotopic (exact) mass is 409 g/mol. The average molecular weight is 410 g/mol. The van der Waals surface area contributed by atoms with E-state index in [0.717, 1.165) is 32.8 Å². The molecule has 1 aliphatic heterocycles. The molecule has 1 aromatic heterocycles. The van der Waals surface area contributed by atoms with Crippen LogP contribution in [0.25, 0.3) is 0 Å². The maximum atomic E-state index is 12.5. The first-order valence-electron chi connectivity index (χ1n) is 8.69.